The molecule has 110 valence electrons. The van der Waals surface area contributed by atoms with E-state index in [2.05, 4.69) is 31.2 Å². The standard InChI is InChI=1S/C18H21NO2/c1-3-21-18(20)12-17(19)16-10-8-15(9-11-16)14-6-4-13(2)5-7-14/h4-11,17H,3,12,19H2,1-2H3/t17-/m0/s1. The molecule has 0 bridgehead atoms. The average molecular weight is 283 g/mol. The first-order chi connectivity index (χ1) is 10.1. The van der Waals surface area contributed by atoms with Crippen molar-refractivity contribution in [2.45, 2.75) is 26.3 Å². The second kappa shape index (κ2) is 7.04. The number of aryl methyl sites for hydroxylation is 1. The van der Waals surface area contributed by atoms with Crippen LogP contribution in [0.1, 0.15) is 30.5 Å². The van der Waals surface area contributed by atoms with Crippen molar-refractivity contribution in [1.82, 2.24) is 0 Å². The number of benzene rings is 2. The van der Waals surface area contributed by atoms with Gasteiger partial charge in [0.1, 0.15) is 0 Å². The van der Waals surface area contributed by atoms with Crippen LogP contribution in [-0.4, -0.2) is 12.6 Å². The summed E-state index contributed by atoms with van der Waals surface area (Å²) in [6, 6.07) is 16.1. The fourth-order valence-corrected chi connectivity index (χ4v) is 2.19. The third-order valence-corrected chi connectivity index (χ3v) is 3.42. The molecule has 0 saturated carbocycles. The second-order valence-electron chi connectivity index (χ2n) is 5.10. The number of hydrogen-bond donors (Lipinski definition) is 1. The SMILES string of the molecule is CCOC(=O)C[C@H](N)c1ccc(-c2ccc(C)cc2)cc1. The van der Waals surface area contributed by atoms with Crippen LogP contribution in [0.5, 0.6) is 0 Å². The van der Waals surface area contributed by atoms with Crippen molar-refractivity contribution in [3.8, 4) is 11.1 Å². The van der Waals surface area contributed by atoms with Gasteiger partial charge >= 0.3 is 5.97 Å². The Bertz CT molecular complexity index is 588. The predicted octanol–water partition coefficient (Wildman–Crippen LogP) is 3.62. The van der Waals surface area contributed by atoms with Crippen LogP contribution in [0, 0.1) is 6.92 Å². The van der Waals surface area contributed by atoms with Crippen LogP contribution >= 0.6 is 0 Å². The summed E-state index contributed by atoms with van der Waals surface area (Å²) in [5, 5.41) is 0. The molecule has 2 aromatic carbocycles. The smallest absolute Gasteiger partial charge is 0.307 e. The molecule has 2 N–H and O–H groups in total. The van der Waals surface area contributed by atoms with Crippen molar-refractivity contribution >= 4 is 5.97 Å². The Hall–Kier alpha value is -2.13. The van der Waals surface area contributed by atoms with Gasteiger partial charge in [0.15, 0.2) is 0 Å². The van der Waals surface area contributed by atoms with E-state index in [4.69, 9.17) is 10.5 Å². The number of carbonyl (C=O) groups is 1. The summed E-state index contributed by atoms with van der Waals surface area (Å²) in [6.07, 6.45) is 0.206. The summed E-state index contributed by atoms with van der Waals surface area (Å²) in [4.78, 5) is 11.4. The van der Waals surface area contributed by atoms with Gasteiger partial charge < -0.3 is 10.5 Å². The number of ether oxygens (including phenoxy) is 1. The van der Waals surface area contributed by atoms with Gasteiger partial charge in [-0.25, -0.2) is 0 Å². The van der Waals surface area contributed by atoms with Crippen molar-refractivity contribution in [3.63, 3.8) is 0 Å². The summed E-state index contributed by atoms with van der Waals surface area (Å²) >= 11 is 0. The van der Waals surface area contributed by atoms with Gasteiger partial charge in [-0.05, 0) is 30.5 Å². The third-order valence-electron chi connectivity index (χ3n) is 3.42. The van der Waals surface area contributed by atoms with Gasteiger partial charge in [-0.15, -0.1) is 0 Å². The van der Waals surface area contributed by atoms with E-state index in [0.717, 1.165) is 11.1 Å². The molecule has 0 heterocycles. The van der Waals surface area contributed by atoms with Gasteiger partial charge in [0.25, 0.3) is 0 Å². The highest BCUT2D eigenvalue weighted by Gasteiger charge is 2.12. The van der Waals surface area contributed by atoms with Crippen molar-refractivity contribution in [3.05, 3.63) is 59.7 Å². The maximum absolute atomic E-state index is 11.4. The molecule has 0 saturated heterocycles. The summed E-state index contributed by atoms with van der Waals surface area (Å²) in [6.45, 7) is 4.25. The van der Waals surface area contributed by atoms with E-state index in [1.165, 1.54) is 11.1 Å². The number of carbonyl (C=O) groups excluding carboxylic acids is 1. The van der Waals surface area contributed by atoms with Crippen LogP contribution in [0.25, 0.3) is 11.1 Å². The Morgan fingerprint density at radius 3 is 2.10 bits per heavy atom. The lowest BCUT2D eigenvalue weighted by Gasteiger charge is -2.12. The van der Waals surface area contributed by atoms with Crippen LogP contribution in [0.3, 0.4) is 0 Å². The monoisotopic (exact) mass is 283 g/mol. The van der Waals surface area contributed by atoms with Gasteiger partial charge in [0.2, 0.25) is 0 Å². The minimum absolute atomic E-state index is 0.206. The first-order valence-electron chi connectivity index (χ1n) is 7.18. The molecule has 0 aliphatic carbocycles. The fraction of sp³-hybridized carbons (Fsp3) is 0.278. The number of nitrogens with two attached hydrogens (primary N) is 1. The van der Waals surface area contributed by atoms with E-state index in [1.807, 2.05) is 24.3 Å². The molecule has 2 aromatic rings. The molecule has 0 amide bonds. The van der Waals surface area contributed by atoms with Crippen LogP contribution in [0.15, 0.2) is 48.5 Å². The van der Waals surface area contributed by atoms with Gasteiger partial charge in [-0.1, -0.05) is 54.1 Å². The van der Waals surface area contributed by atoms with E-state index in [-0.39, 0.29) is 18.4 Å². The van der Waals surface area contributed by atoms with Crippen molar-refractivity contribution in [2.75, 3.05) is 6.61 Å². The molecule has 0 aliphatic rings. The molecular formula is C18H21NO2. The first kappa shape index (κ1) is 15.3. The molecule has 0 aromatic heterocycles. The van der Waals surface area contributed by atoms with Gasteiger partial charge in [-0.3, -0.25) is 4.79 Å². The van der Waals surface area contributed by atoms with Crippen molar-refractivity contribution < 1.29 is 9.53 Å². The van der Waals surface area contributed by atoms with Gasteiger partial charge in [0, 0.05) is 6.04 Å². The normalized spacial score (nSPS) is 12.0. The minimum Gasteiger partial charge on any atom is -0.466 e. The highest BCUT2D eigenvalue weighted by atomic mass is 16.5. The molecule has 0 radical (unpaired) electrons. The summed E-state index contributed by atoms with van der Waals surface area (Å²) in [5.41, 5.74) is 10.5. The lowest BCUT2D eigenvalue weighted by molar-refractivity contribution is -0.143. The second-order valence-corrected chi connectivity index (χ2v) is 5.10. The van der Waals surface area contributed by atoms with Crippen LogP contribution in [-0.2, 0) is 9.53 Å². The van der Waals surface area contributed by atoms with Crippen LogP contribution in [0.2, 0.25) is 0 Å². The molecule has 0 spiro atoms. The Balaban J connectivity index is 2.08. The van der Waals surface area contributed by atoms with Crippen LogP contribution < -0.4 is 5.73 Å². The van der Waals surface area contributed by atoms with E-state index < -0.39 is 0 Å². The first-order valence-corrected chi connectivity index (χ1v) is 7.18. The zero-order valence-corrected chi connectivity index (χ0v) is 12.5. The number of esters is 1. The largest absolute Gasteiger partial charge is 0.466 e. The number of rotatable bonds is 5. The zero-order chi connectivity index (χ0) is 15.2. The minimum atomic E-state index is -0.323. The molecule has 3 heteroatoms. The van der Waals surface area contributed by atoms with Crippen molar-refractivity contribution in [2.24, 2.45) is 5.73 Å². The molecule has 0 aliphatic heterocycles. The maximum atomic E-state index is 11.4. The Morgan fingerprint density at radius 1 is 1.05 bits per heavy atom. The maximum Gasteiger partial charge on any atom is 0.307 e. The quantitative estimate of drug-likeness (QED) is 0.853. The summed E-state index contributed by atoms with van der Waals surface area (Å²) in [7, 11) is 0. The molecule has 0 unspecified atom stereocenters. The van der Waals surface area contributed by atoms with E-state index in [9.17, 15) is 4.79 Å². The van der Waals surface area contributed by atoms with Gasteiger partial charge in [0.05, 0.1) is 13.0 Å². The highest BCUT2D eigenvalue weighted by molar-refractivity contribution is 5.70. The van der Waals surface area contributed by atoms with Crippen molar-refractivity contribution in [1.29, 1.82) is 0 Å². The Labute approximate surface area is 125 Å². The Kier molecular flexibility index (Phi) is 5.12. The average Bonchev–Trinajstić information content (AvgIpc) is 2.48. The topological polar surface area (TPSA) is 52.3 Å². The van der Waals surface area contributed by atoms with E-state index >= 15 is 0 Å². The highest BCUT2D eigenvalue weighted by Crippen LogP contribution is 2.23. The third kappa shape index (κ3) is 4.17. The predicted molar refractivity (Wildman–Crippen MR) is 84.8 cm³/mol. The summed E-state index contributed by atoms with van der Waals surface area (Å²) in [5.74, 6) is -0.257. The van der Waals surface area contributed by atoms with Gasteiger partial charge in [-0.2, -0.15) is 0 Å². The molecule has 0 fully saturated rings. The molecular weight excluding hydrogens is 262 g/mol. The molecule has 1 atom stereocenters. The lowest BCUT2D eigenvalue weighted by Crippen LogP contribution is -2.17. The fourth-order valence-electron chi connectivity index (χ4n) is 2.19. The zero-order valence-electron chi connectivity index (χ0n) is 12.5. The summed E-state index contributed by atoms with van der Waals surface area (Å²) < 4.78 is 4.92. The molecule has 2 rings (SSSR count). The lowest BCUT2D eigenvalue weighted by atomic mass is 9.99. The van der Waals surface area contributed by atoms with E-state index in [1.54, 1.807) is 6.92 Å². The molecule has 3 nitrogen and oxygen atoms in total. The Morgan fingerprint density at radius 2 is 1.57 bits per heavy atom. The van der Waals surface area contributed by atoms with Crippen LogP contribution in [0.4, 0.5) is 0 Å². The number of hydrogen-bond acceptors (Lipinski definition) is 3. The molecule has 21 heavy (non-hydrogen) atoms. The van der Waals surface area contributed by atoms with E-state index in [0.29, 0.717) is 6.61 Å².